The topological polar surface area (TPSA) is 48.4 Å². The van der Waals surface area contributed by atoms with Crippen molar-refractivity contribution in [2.24, 2.45) is 0 Å². The zero-order valence-electron chi connectivity index (χ0n) is 8.55. The van der Waals surface area contributed by atoms with E-state index in [0.717, 1.165) is 17.5 Å². The number of pyridine rings is 1. The van der Waals surface area contributed by atoms with Crippen LogP contribution < -0.4 is 0 Å². The van der Waals surface area contributed by atoms with E-state index in [1.165, 1.54) is 0 Å². The minimum Gasteiger partial charge on any atom is -0.345 e. The van der Waals surface area contributed by atoms with Crippen LogP contribution in [0.25, 0.3) is 0 Å². The molecular formula is C11H13NO3. The molecule has 0 spiro atoms. The van der Waals surface area contributed by atoms with Crippen molar-refractivity contribution < 1.29 is 14.3 Å². The van der Waals surface area contributed by atoms with Crippen molar-refractivity contribution in [3.63, 3.8) is 0 Å². The Kier molecular flexibility index (Phi) is 3.08. The third-order valence-electron chi connectivity index (χ3n) is 2.40. The van der Waals surface area contributed by atoms with Crippen LogP contribution in [-0.2, 0) is 14.3 Å². The Hall–Kier alpha value is -1.26. The molecule has 0 amide bonds. The molecule has 1 atom stereocenters. The largest absolute Gasteiger partial charge is 0.345 e. The standard InChI is InChI=1S/C11H13NO3/c1-8(7-13)9-2-3-10(12-6-9)11-14-4-5-15-11/h2-3,6-8,11H,4-5H2,1H3. The van der Waals surface area contributed by atoms with Gasteiger partial charge in [-0.2, -0.15) is 0 Å². The molecule has 15 heavy (non-hydrogen) atoms. The molecule has 2 rings (SSSR count). The summed E-state index contributed by atoms with van der Waals surface area (Å²) in [6.07, 6.45) is 2.25. The number of aromatic nitrogens is 1. The van der Waals surface area contributed by atoms with E-state index in [2.05, 4.69) is 4.98 Å². The second-order valence-corrected chi connectivity index (χ2v) is 3.51. The molecule has 4 nitrogen and oxygen atoms in total. The van der Waals surface area contributed by atoms with Crippen LogP contribution in [0.2, 0.25) is 0 Å². The maximum absolute atomic E-state index is 10.6. The van der Waals surface area contributed by atoms with Gasteiger partial charge in [0.25, 0.3) is 0 Å². The second kappa shape index (κ2) is 4.51. The Morgan fingerprint density at radius 1 is 1.47 bits per heavy atom. The number of nitrogens with zero attached hydrogens (tertiary/aromatic N) is 1. The number of hydrogen-bond donors (Lipinski definition) is 0. The molecule has 2 heterocycles. The number of aldehydes is 1. The zero-order valence-corrected chi connectivity index (χ0v) is 8.55. The minimum atomic E-state index is -0.342. The fourth-order valence-electron chi connectivity index (χ4n) is 1.43. The van der Waals surface area contributed by atoms with Gasteiger partial charge in [0.15, 0.2) is 0 Å². The van der Waals surface area contributed by atoms with Gasteiger partial charge >= 0.3 is 0 Å². The Bertz CT molecular complexity index is 330. The summed E-state index contributed by atoms with van der Waals surface area (Å²) in [4.78, 5) is 14.8. The molecule has 0 N–H and O–H groups in total. The van der Waals surface area contributed by atoms with E-state index in [4.69, 9.17) is 9.47 Å². The molecule has 0 bridgehead atoms. The number of ether oxygens (including phenoxy) is 2. The van der Waals surface area contributed by atoms with Gasteiger partial charge in [0.2, 0.25) is 6.29 Å². The van der Waals surface area contributed by atoms with E-state index in [1.807, 2.05) is 19.1 Å². The third-order valence-corrected chi connectivity index (χ3v) is 2.40. The lowest BCUT2D eigenvalue weighted by Crippen LogP contribution is -2.03. The normalized spacial score (nSPS) is 19.0. The van der Waals surface area contributed by atoms with Gasteiger partial charge in [0.05, 0.1) is 18.9 Å². The molecule has 0 aromatic carbocycles. The summed E-state index contributed by atoms with van der Waals surface area (Å²) < 4.78 is 10.6. The average molecular weight is 207 g/mol. The van der Waals surface area contributed by atoms with Crippen molar-refractivity contribution >= 4 is 6.29 Å². The summed E-state index contributed by atoms with van der Waals surface area (Å²) in [6, 6.07) is 3.72. The van der Waals surface area contributed by atoms with E-state index in [1.54, 1.807) is 6.20 Å². The summed E-state index contributed by atoms with van der Waals surface area (Å²) in [5.41, 5.74) is 1.67. The summed E-state index contributed by atoms with van der Waals surface area (Å²) in [6.45, 7) is 3.06. The van der Waals surface area contributed by atoms with Crippen LogP contribution in [-0.4, -0.2) is 24.5 Å². The molecule has 0 radical (unpaired) electrons. The molecule has 1 fully saturated rings. The van der Waals surface area contributed by atoms with Gasteiger partial charge in [-0.05, 0) is 11.6 Å². The average Bonchev–Trinajstić information content (AvgIpc) is 2.82. The summed E-state index contributed by atoms with van der Waals surface area (Å²) >= 11 is 0. The number of carbonyl (C=O) groups is 1. The number of hydrogen-bond acceptors (Lipinski definition) is 4. The van der Waals surface area contributed by atoms with Crippen molar-refractivity contribution in [2.75, 3.05) is 13.2 Å². The first-order valence-electron chi connectivity index (χ1n) is 4.95. The van der Waals surface area contributed by atoms with Crippen LogP contribution in [0.1, 0.15) is 30.4 Å². The van der Waals surface area contributed by atoms with Gasteiger partial charge in [-0.3, -0.25) is 4.98 Å². The Morgan fingerprint density at radius 3 is 2.73 bits per heavy atom. The van der Waals surface area contributed by atoms with Gasteiger partial charge in [0, 0.05) is 12.1 Å². The smallest absolute Gasteiger partial charge is 0.201 e. The first-order valence-corrected chi connectivity index (χ1v) is 4.95. The van der Waals surface area contributed by atoms with Crippen molar-refractivity contribution in [2.45, 2.75) is 19.1 Å². The first-order chi connectivity index (χ1) is 7.31. The third kappa shape index (κ3) is 2.22. The Labute approximate surface area is 88.2 Å². The van der Waals surface area contributed by atoms with Crippen molar-refractivity contribution in [3.05, 3.63) is 29.6 Å². The fourth-order valence-corrected chi connectivity index (χ4v) is 1.43. The summed E-state index contributed by atoms with van der Waals surface area (Å²) in [7, 11) is 0. The van der Waals surface area contributed by atoms with Crippen LogP contribution in [0.4, 0.5) is 0 Å². The molecule has 80 valence electrons. The van der Waals surface area contributed by atoms with Crippen LogP contribution in [0.15, 0.2) is 18.3 Å². The minimum absolute atomic E-state index is 0.114. The van der Waals surface area contributed by atoms with E-state index in [9.17, 15) is 4.79 Å². The number of carbonyl (C=O) groups excluding carboxylic acids is 1. The summed E-state index contributed by atoms with van der Waals surface area (Å²) in [5.74, 6) is -0.114. The maximum Gasteiger partial charge on any atom is 0.201 e. The second-order valence-electron chi connectivity index (χ2n) is 3.51. The maximum atomic E-state index is 10.6. The lowest BCUT2D eigenvalue weighted by Gasteiger charge is -2.09. The highest BCUT2D eigenvalue weighted by Crippen LogP contribution is 2.22. The van der Waals surface area contributed by atoms with E-state index in [0.29, 0.717) is 13.2 Å². The lowest BCUT2D eigenvalue weighted by molar-refractivity contribution is -0.108. The predicted molar refractivity (Wildman–Crippen MR) is 53.4 cm³/mol. The van der Waals surface area contributed by atoms with Crippen LogP contribution >= 0.6 is 0 Å². The highest BCUT2D eigenvalue weighted by atomic mass is 16.7. The van der Waals surface area contributed by atoms with Crippen LogP contribution in [0.3, 0.4) is 0 Å². The SMILES string of the molecule is CC(C=O)c1ccc(C2OCCO2)nc1. The molecule has 1 unspecified atom stereocenters. The Balaban J connectivity index is 2.12. The molecule has 0 aliphatic carbocycles. The molecule has 4 heteroatoms. The van der Waals surface area contributed by atoms with Crippen LogP contribution in [0, 0.1) is 0 Å². The predicted octanol–water partition coefficient (Wildman–Crippen LogP) is 1.43. The van der Waals surface area contributed by atoms with E-state index >= 15 is 0 Å². The van der Waals surface area contributed by atoms with Gasteiger partial charge in [-0.1, -0.05) is 13.0 Å². The van der Waals surface area contributed by atoms with E-state index in [-0.39, 0.29) is 12.2 Å². The molecule has 1 saturated heterocycles. The molecule has 1 aliphatic rings. The van der Waals surface area contributed by atoms with Gasteiger partial charge in [0.1, 0.15) is 6.29 Å². The van der Waals surface area contributed by atoms with Gasteiger partial charge < -0.3 is 14.3 Å². The van der Waals surface area contributed by atoms with Gasteiger partial charge in [-0.15, -0.1) is 0 Å². The van der Waals surface area contributed by atoms with Gasteiger partial charge in [-0.25, -0.2) is 0 Å². The lowest BCUT2D eigenvalue weighted by atomic mass is 10.1. The highest BCUT2D eigenvalue weighted by Gasteiger charge is 2.19. The highest BCUT2D eigenvalue weighted by molar-refractivity contribution is 5.60. The quantitative estimate of drug-likeness (QED) is 0.703. The molecule has 1 aliphatic heterocycles. The summed E-state index contributed by atoms with van der Waals surface area (Å²) in [5, 5.41) is 0. The number of rotatable bonds is 3. The van der Waals surface area contributed by atoms with E-state index < -0.39 is 0 Å². The fraction of sp³-hybridized carbons (Fsp3) is 0.455. The van der Waals surface area contributed by atoms with Crippen molar-refractivity contribution in [1.82, 2.24) is 4.98 Å². The van der Waals surface area contributed by atoms with Crippen molar-refractivity contribution in [1.29, 1.82) is 0 Å². The molecule has 1 aromatic rings. The van der Waals surface area contributed by atoms with Crippen LogP contribution in [0.5, 0.6) is 0 Å². The monoisotopic (exact) mass is 207 g/mol. The Morgan fingerprint density at radius 2 is 2.20 bits per heavy atom. The molecule has 0 saturated carbocycles. The van der Waals surface area contributed by atoms with Crippen molar-refractivity contribution in [3.8, 4) is 0 Å². The zero-order chi connectivity index (χ0) is 10.7. The first kappa shape index (κ1) is 10.3. The molecular weight excluding hydrogens is 194 g/mol. The molecule has 1 aromatic heterocycles.